The van der Waals surface area contributed by atoms with Gasteiger partial charge in [0.15, 0.2) is 0 Å². The minimum absolute atomic E-state index is 0. The predicted molar refractivity (Wildman–Crippen MR) is 147 cm³/mol. The van der Waals surface area contributed by atoms with Gasteiger partial charge < -0.3 is 28.4 Å². The molecule has 4 aromatic rings. The molecule has 0 radical (unpaired) electrons. The molecule has 45 heavy (non-hydrogen) atoms. The first-order chi connectivity index (χ1) is 19.1. The molecule has 0 fully saturated rings. The van der Waals surface area contributed by atoms with Gasteiger partial charge in [-0.15, -0.1) is 9.81 Å². The van der Waals surface area contributed by atoms with E-state index in [1.54, 1.807) is 0 Å². The molecule has 0 saturated carbocycles. The zero-order chi connectivity index (χ0) is 32.0. The van der Waals surface area contributed by atoms with Crippen molar-refractivity contribution in [3.63, 3.8) is 0 Å². The Labute approximate surface area is 301 Å². The molecule has 0 atom stereocenters. The van der Waals surface area contributed by atoms with Crippen molar-refractivity contribution >= 4 is 143 Å². The van der Waals surface area contributed by atoms with Crippen molar-refractivity contribution in [2.45, 2.75) is 19.6 Å². The van der Waals surface area contributed by atoms with E-state index in [9.17, 15) is 71.9 Å². The maximum Gasteiger partial charge on any atom is 2.00 e. The molecule has 0 saturated heterocycles. The first kappa shape index (κ1) is 43.1. The topological polar surface area (TPSA) is 334 Å². The molecule has 4 aromatic carbocycles. The van der Waals surface area contributed by atoms with Crippen LogP contribution in [0.1, 0.15) is 0 Å². The van der Waals surface area contributed by atoms with Crippen molar-refractivity contribution in [3.8, 4) is 11.5 Å². The van der Waals surface area contributed by atoms with E-state index in [2.05, 4.69) is 10.4 Å². The summed E-state index contributed by atoms with van der Waals surface area (Å²) in [5, 5.41) is 27.3. The Balaban J connectivity index is 0.000000807. The van der Waals surface area contributed by atoms with Crippen molar-refractivity contribution in [2.75, 3.05) is 0 Å². The summed E-state index contributed by atoms with van der Waals surface area (Å²) < 4.78 is 131. The molecule has 4 rings (SSSR count). The molecule has 0 aromatic heterocycles. The van der Waals surface area contributed by atoms with E-state index < -0.39 is 82.9 Å². The Morgan fingerprint density at radius 3 is 0.978 bits per heavy atom. The Kier molecular flexibility index (Phi) is 14.7. The van der Waals surface area contributed by atoms with Gasteiger partial charge in [0, 0.05) is 20.6 Å². The first-order valence-electron chi connectivity index (χ1n) is 10.2. The summed E-state index contributed by atoms with van der Waals surface area (Å²) in [5.41, 5.74) is -1.70. The second-order valence-corrected chi connectivity index (χ2v) is 13.3. The molecular weight excluding hydrogens is 725 g/mol. The fourth-order valence-electron chi connectivity index (χ4n) is 3.51. The van der Waals surface area contributed by atoms with Crippen molar-refractivity contribution in [1.82, 2.24) is 0 Å². The standard InChI is InChI=1S/2C10H7NO8S2.3Mg/c2*12-10-8(21(17,18)19)4-5-3-6(20(14,15)16)1-2-7(5)9(10)11-13;;;/h2*1-4,12H,(H,14,15,16)(H,17,18,19);;;/q;;3*+2/p-6. The molecule has 0 aliphatic heterocycles. The maximum absolute atomic E-state index is 11.7. The number of hydrogen-bond donors (Lipinski definition) is 0. The number of fused-ring (bicyclic) bond motifs is 2. The van der Waals surface area contributed by atoms with Crippen molar-refractivity contribution < 1.29 is 62.1 Å². The normalized spacial score (nSPS) is 11.6. The molecule has 25 heteroatoms. The minimum atomic E-state index is -5.19. The molecule has 0 N–H and O–H groups in total. The van der Waals surface area contributed by atoms with Gasteiger partial charge >= 0.3 is 69.2 Å². The summed E-state index contributed by atoms with van der Waals surface area (Å²) in [5.74, 6) is -2.77. The Morgan fingerprint density at radius 2 is 0.756 bits per heavy atom. The van der Waals surface area contributed by atoms with Crippen molar-refractivity contribution in [1.29, 1.82) is 0 Å². The van der Waals surface area contributed by atoms with E-state index in [-0.39, 0.29) is 90.7 Å². The van der Waals surface area contributed by atoms with Crippen LogP contribution in [0.2, 0.25) is 0 Å². The molecule has 0 heterocycles. The second-order valence-electron chi connectivity index (χ2n) is 7.87. The van der Waals surface area contributed by atoms with Gasteiger partial charge in [-0.3, -0.25) is 0 Å². The van der Waals surface area contributed by atoms with Crippen LogP contribution in [0.3, 0.4) is 0 Å². The van der Waals surface area contributed by atoms with Crippen LogP contribution in [0, 0.1) is 9.81 Å². The van der Waals surface area contributed by atoms with Crippen LogP contribution < -0.4 is 10.2 Å². The minimum Gasteiger partial charge on any atom is -0.870 e. The fraction of sp³-hybridized carbons (Fsp3) is 0. The van der Waals surface area contributed by atoms with Gasteiger partial charge in [0.25, 0.3) is 0 Å². The Bertz CT molecular complexity index is 2100. The Hall–Kier alpha value is -1.86. The zero-order valence-corrected chi connectivity index (χ0v) is 29.3. The quantitative estimate of drug-likeness (QED) is 0.132. The average molecular weight is 733 g/mol. The number of nitrogens with zero attached hydrogens (tertiary/aromatic N) is 2. The third kappa shape index (κ3) is 9.59. The summed E-state index contributed by atoms with van der Waals surface area (Å²) in [6, 6.07) is 6.29. The van der Waals surface area contributed by atoms with Crippen LogP contribution in [0.15, 0.2) is 78.5 Å². The summed E-state index contributed by atoms with van der Waals surface area (Å²) >= 11 is 0. The number of rotatable bonds is 6. The predicted octanol–water partition coefficient (Wildman–Crippen LogP) is -0.903. The van der Waals surface area contributed by atoms with Crippen molar-refractivity contribution in [3.05, 3.63) is 58.3 Å². The largest absolute Gasteiger partial charge is 2.00 e. The number of nitroso groups, excluding NO2 is 2. The summed E-state index contributed by atoms with van der Waals surface area (Å²) in [6.45, 7) is 0. The molecule has 0 unspecified atom stereocenters. The van der Waals surface area contributed by atoms with Crippen LogP contribution in [0.5, 0.6) is 11.5 Å². The van der Waals surface area contributed by atoms with E-state index in [1.807, 2.05) is 0 Å². The molecular formula is C20H8Mg3N2O16S4. The van der Waals surface area contributed by atoms with Crippen LogP contribution >= 0.6 is 0 Å². The SMILES string of the molecule is O=Nc1c([O-])c(S(=O)(=O)[O-])cc2cc(S(=O)(=O)[O-])ccc12.O=Nc1c([O-])c(S(=O)(=O)[O-])cc2cc(S(=O)(=O)[O-])ccc12.[Mg+2].[Mg+2].[Mg+2]. The average Bonchev–Trinajstić information content (AvgIpc) is 2.85. The van der Waals surface area contributed by atoms with E-state index in [4.69, 9.17) is 0 Å². The third-order valence-corrected chi connectivity index (χ3v) is 8.65. The third-order valence-electron chi connectivity index (χ3n) is 5.31. The van der Waals surface area contributed by atoms with Crippen LogP contribution in [-0.4, -0.2) is 121 Å². The van der Waals surface area contributed by atoms with Crippen LogP contribution in [-0.2, 0) is 40.5 Å². The summed E-state index contributed by atoms with van der Waals surface area (Å²) in [4.78, 5) is 17.4. The smallest absolute Gasteiger partial charge is 0.870 e. The molecule has 0 aliphatic rings. The molecule has 0 aliphatic carbocycles. The van der Waals surface area contributed by atoms with E-state index in [1.165, 1.54) is 0 Å². The first-order valence-corrected chi connectivity index (χ1v) is 15.8. The molecule has 0 spiro atoms. The van der Waals surface area contributed by atoms with Crippen LogP contribution in [0.25, 0.3) is 21.5 Å². The maximum atomic E-state index is 11.7. The van der Waals surface area contributed by atoms with Gasteiger partial charge in [-0.05, 0) is 57.5 Å². The molecule has 0 bridgehead atoms. The molecule has 224 valence electrons. The van der Waals surface area contributed by atoms with Gasteiger partial charge in [0.2, 0.25) is 0 Å². The van der Waals surface area contributed by atoms with E-state index in [0.29, 0.717) is 12.1 Å². The summed E-state index contributed by atoms with van der Waals surface area (Å²) in [6.07, 6.45) is 0. The van der Waals surface area contributed by atoms with Gasteiger partial charge in [0.1, 0.15) is 51.8 Å². The second kappa shape index (κ2) is 15.4. The van der Waals surface area contributed by atoms with Crippen LogP contribution in [0.4, 0.5) is 11.4 Å². The Morgan fingerprint density at radius 1 is 0.467 bits per heavy atom. The fourth-order valence-corrected chi connectivity index (χ4v) is 5.71. The van der Waals surface area contributed by atoms with Gasteiger partial charge in [-0.2, -0.15) is 0 Å². The zero-order valence-electron chi connectivity index (χ0n) is 21.8. The monoisotopic (exact) mass is 732 g/mol. The number of benzene rings is 4. The van der Waals surface area contributed by atoms with Gasteiger partial charge in [-0.25, -0.2) is 33.7 Å². The summed E-state index contributed by atoms with van der Waals surface area (Å²) in [7, 11) is -20.1. The molecule has 18 nitrogen and oxygen atoms in total. The van der Waals surface area contributed by atoms with Gasteiger partial charge in [0.05, 0.1) is 9.79 Å². The van der Waals surface area contributed by atoms with Gasteiger partial charge in [-0.1, -0.05) is 23.6 Å². The number of hydrogen-bond acceptors (Lipinski definition) is 18. The van der Waals surface area contributed by atoms with E-state index in [0.717, 1.165) is 36.4 Å². The van der Waals surface area contributed by atoms with Crippen molar-refractivity contribution in [2.24, 2.45) is 10.4 Å². The molecule has 0 amide bonds. The van der Waals surface area contributed by atoms with E-state index >= 15 is 0 Å².